The van der Waals surface area contributed by atoms with Crippen molar-refractivity contribution in [3.8, 4) is 16.9 Å². The van der Waals surface area contributed by atoms with Gasteiger partial charge < -0.3 is 9.84 Å². The molecule has 3 aromatic carbocycles. The highest BCUT2D eigenvalue weighted by Gasteiger charge is 2.19. The number of hydrogen-bond acceptors (Lipinski definition) is 5. The van der Waals surface area contributed by atoms with Gasteiger partial charge in [0.25, 0.3) is 5.56 Å². The average molecular weight is 415 g/mol. The van der Waals surface area contributed by atoms with Crippen LogP contribution in [0.1, 0.15) is 6.42 Å². The zero-order chi connectivity index (χ0) is 21.6. The Hall–Kier alpha value is -4.00. The van der Waals surface area contributed by atoms with Gasteiger partial charge in [0.2, 0.25) is 0 Å². The van der Waals surface area contributed by atoms with Crippen LogP contribution in [0.5, 0.6) is 5.75 Å². The van der Waals surface area contributed by atoms with Crippen LogP contribution in [0.15, 0.2) is 83.7 Å². The molecule has 0 amide bonds. The largest absolute Gasteiger partial charge is 0.493 e. The fourth-order valence-corrected chi connectivity index (χ4v) is 3.30. The molecule has 4 aromatic rings. The Morgan fingerprint density at radius 3 is 2.35 bits per heavy atom. The Labute approximate surface area is 178 Å². The molecule has 0 saturated carbocycles. The number of carbonyl (C=O) groups is 1. The number of hydrogen-bond donors (Lipinski definition) is 1. The van der Waals surface area contributed by atoms with Crippen LogP contribution in [-0.2, 0) is 11.3 Å². The molecule has 1 heterocycles. The molecule has 0 aliphatic carbocycles. The third kappa shape index (κ3) is 4.78. The number of carboxylic acid groups (broad SMARTS) is 1. The van der Waals surface area contributed by atoms with Gasteiger partial charge in [0, 0.05) is 6.54 Å². The van der Waals surface area contributed by atoms with Gasteiger partial charge in [-0.3, -0.25) is 9.59 Å². The molecule has 31 heavy (non-hydrogen) atoms. The summed E-state index contributed by atoms with van der Waals surface area (Å²) in [6.07, 6.45) is 0.199. The van der Waals surface area contributed by atoms with Crippen LogP contribution in [0.3, 0.4) is 0 Å². The van der Waals surface area contributed by atoms with Crippen LogP contribution in [-0.4, -0.2) is 32.7 Å². The number of carboxylic acids is 1. The molecular weight excluding hydrogens is 394 g/mol. The second kappa shape index (κ2) is 9.21. The summed E-state index contributed by atoms with van der Waals surface area (Å²) >= 11 is 0. The monoisotopic (exact) mass is 415 g/mol. The van der Waals surface area contributed by atoms with E-state index in [1.165, 1.54) is 4.68 Å². The maximum atomic E-state index is 12.5. The molecule has 0 fully saturated rings. The minimum atomic E-state index is -0.984. The average Bonchev–Trinajstić information content (AvgIpc) is 2.81. The second-order valence-electron chi connectivity index (χ2n) is 7.16. The van der Waals surface area contributed by atoms with E-state index in [1.807, 2.05) is 54.6 Å². The molecule has 0 radical (unpaired) electrons. The molecule has 1 N–H and O–H groups in total. The molecule has 4 rings (SSSR count). The Bertz CT molecular complexity index is 1240. The summed E-state index contributed by atoms with van der Waals surface area (Å²) in [5.74, 6) is -1.18. The summed E-state index contributed by atoms with van der Waals surface area (Å²) in [5.41, 5.74) is 2.38. The predicted molar refractivity (Wildman–Crippen MR) is 117 cm³/mol. The van der Waals surface area contributed by atoms with Crippen molar-refractivity contribution >= 4 is 16.9 Å². The molecule has 1 aromatic heterocycles. The zero-order valence-corrected chi connectivity index (χ0v) is 16.7. The Morgan fingerprint density at radius 1 is 0.935 bits per heavy atom. The first-order valence-corrected chi connectivity index (χ1v) is 9.95. The fourth-order valence-electron chi connectivity index (χ4n) is 3.30. The summed E-state index contributed by atoms with van der Waals surface area (Å²) in [5, 5.41) is 18.0. The molecule has 7 nitrogen and oxygen atoms in total. The number of ether oxygens (including phenoxy) is 1. The third-order valence-electron chi connectivity index (χ3n) is 5.08. The zero-order valence-electron chi connectivity index (χ0n) is 16.7. The van der Waals surface area contributed by atoms with Crippen molar-refractivity contribution in [1.29, 1.82) is 0 Å². The van der Waals surface area contributed by atoms with E-state index in [0.717, 1.165) is 11.1 Å². The van der Waals surface area contributed by atoms with Crippen LogP contribution >= 0.6 is 0 Å². The molecule has 0 spiro atoms. The van der Waals surface area contributed by atoms with Gasteiger partial charge in [-0.25, -0.2) is 4.68 Å². The maximum Gasteiger partial charge on any atom is 0.310 e. The van der Waals surface area contributed by atoms with E-state index >= 15 is 0 Å². The van der Waals surface area contributed by atoms with Crippen LogP contribution in [0.4, 0.5) is 0 Å². The van der Waals surface area contributed by atoms with Crippen molar-refractivity contribution in [1.82, 2.24) is 15.0 Å². The van der Waals surface area contributed by atoms with Crippen molar-refractivity contribution in [3.63, 3.8) is 0 Å². The lowest BCUT2D eigenvalue weighted by Crippen LogP contribution is -2.28. The predicted octanol–water partition coefficient (Wildman–Crippen LogP) is 3.63. The van der Waals surface area contributed by atoms with E-state index in [0.29, 0.717) is 16.7 Å². The summed E-state index contributed by atoms with van der Waals surface area (Å²) in [7, 11) is 0. The SMILES string of the molecule is O=C(O)C(CCn1nnc2ccccc2c1=O)COc1ccc(-c2ccccc2)cc1. The first kappa shape index (κ1) is 20.3. The van der Waals surface area contributed by atoms with Gasteiger partial charge in [-0.15, -0.1) is 5.10 Å². The van der Waals surface area contributed by atoms with Crippen molar-refractivity contribution in [2.24, 2.45) is 5.92 Å². The van der Waals surface area contributed by atoms with Gasteiger partial charge in [-0.2, -0.15) is 0 Å². The first-order chi connectivity index (χ1) is 15.1. The third-order valence-corrected chi connectivity index (χ3v) is 5.08. The number of aromatic nitrogens is 3. The smallest absolute Gasteiger partial charge is 0.310 e. The van der Waals surface area contributed by atoms with E-state index < -0.39 is 11.9 Å². The molecule has 0 aliphatic rings. The van der Waals surface area contributed by atoms with E-state index in [-0.39, 0.29) is 25.1 Å². The summed E-state index contributed by atoms with van der Waals surface area (Å²) in [6.45, 7) is 0.139. The number of nitrogens with zero attached hydrogens (tertiary/aromatic N) is 3. The number of fused-ring (bicyclic) bond motifs is 1. The van der Waals surface area contributed by atoms with E-state index in [2.05, 4.69) is 10.3 Å². The van der Waals surface area contributed by atoms with Crippen LogP contribution < -0.4 is 10.3 Å². The molecule has 1 unspecified atom stereocenters. The highest BCUT2D eigenvalue weighted by molar-refractivity contribution is 5.76. The van der Waals surface area contributed by atoms with Gasteiger partial charge in [-0.05, 0) is 41.8 Å². The normalized spacial score (nSPS) is 11.9. The van der Waals surface area contributed by atoms with Gasteiger partial charge in [0.15, 0.2) is 0 Å². The molecule has 1 atom stereocenters. The summed E-state index contributed by atoms with van der Waals surface area (Å²) in [6, 6.07) is 24.4. The van der Waals surface area contributed by atoms with Crippen molar-refractivity contribution in [2.75, 3.05) is 6.61 Å². The number of rotatable bonds is 8. The van der Waals surface area contributed by atoms with Crippen LogP contribution in [0.2, 0.25) is 0 Å². The Morgan fingerprint density at radius 2 is 1.61 bits per heavy atom. The number of benzene rings is 3. The standard InChI is InChI=1S/C24H21N3O4/c28-23-21-8-4-5-9-22(21)25-26-27(23)15-14-19(24(29)30)16-31-20-12-10-18(11-13-20)17-6-2-1-3-7-17/h1-13,19H,14-16H2,(H,29,30). The lowest BCUT2D eigenvalue weighted by atomic mass is 10.1. The van der Waals surface area contributed by atoms with Crippen molar-refractivity contribution in [2.45, 2.75) is 13.0 Å². The van der Waals surface area contributed by atoms with Crippen LogP contribution in [0.25, 0.3) is 22.0 Å². The number of aryl methyl sites for hydroxylation is 1. The summed E-state index contributed by atoms with van der Waals surface area (Å²) < 4.78 is 6.91. The highest BCUT2D eigenvalue weighted by atomic mass is 16.5. The lowest BCUT2D eigenvalue weighted by molar-refractivity contribution is -0.143. The molecule has 0 aliphatic heterocycles. The van der Waals surface area contributed by atoms with E-state index in [9.17, 15) is 14.7 Å². The van der Waals surface area contributed by atoms with Gasteiger partial charge in [0.1, 0.15) is 17.9 Å². The van der Waals surface area contributed by atoms with E-state index in [1.54, 1.807) is 24.3 Å². The quantitative estimate of drug-likeness (QED) is 0.472. The molecule has 0 bridgehead atoms. The number of aliphatic carboxylic acids is 1. The van der Waals surface area contributed by atoms with Gasteiger partial charge >= 0.3 is 5.97 Å². The van der Waals surface area contributed by atoms with Gasteiger partial charge in [-0.1, -0.05) is 59.8 Å². The minimum Gasteiger partial charge on any atom is -0.493 e. The first-order valence-electron chi connectivity index (χ1n) is 9.95. The van der Waals surface area contributed by atoms with Gasteiger partial charge in [0.05, 0.1) is 11.3 Å². The van der Waals surface area contributed by atoms with Crippen molar-refractivity contribution in [3.05, 3.63) is 89.2 Å². The summed E-state index contributed by atoms with van der Waals surface area (Å²) in [4.78, 5) is 24.2. The maximum absolute atomic E-state index is 12.5. The molecule has 0 saturated heterocycles. The second-order valence-corrected chi connectivity index (χ2v) is 7.16. The minimum absolute atomic E-state index is 0.00419. The van der Waals surface area contributed by atoms with Crippen LogP contribution in [0, 0.1) is 5.92 Å². The molecule has 156 valence electrons. The molecular formula is C24H21N3O4. The van der Waals surface area contributed by atoms with Crippen molar-refractivity contribution < 1.29 is 14.6 Å². The topological polar surface area (TPSA) is 94.3 Å². The molecule has 7 heteroatoms. The highest BCUT2D eigenvalue weighted by Crippen LogP contribution is 2.22. The van der Waals surface area contributed by atoms with E-state index in [4.69, 9.17) is 4.74 Å². The Balaban J connectivity index is 1.39. The fraction of sp³-hybridized carbons (Fsp3) is 0.167. The Kier molecular flexibility index (Phi) is 6.03. The lowest BCUT2D eigenvalue weighted by Gasteiger charge is -2.14.